The van der Waals surface area contributed by atoms with Crippen molar-refractivity contribution in [1.82, 2.24) is 110 Å². The molecule has 4 aliphatic heterocycles. The van der Waals surface area contributed by atoms with E-state index >= 15 is 0 Å². The van der Waals surface area contributed by atoms with Crippen LogP contribution in [-0.4, -0.2) is 579 Å². The Balaban J connectivity index is 0.0000490. The number of hydrogen-bond donors (Lipinski definition) is 12. The number of nitrogens with zero attached hydrogens (tertiary/aromatic N) is 16. The second-order valence-electron chi connectivity index (χ2n) is 34.7. The van der Waals surface area contributed by atoms with Gasteiger partial charge >= 0.3 is 196 Å². The summed E-state index contributed by atoms with van der Waals surface area (Å²) in [5.74, 6) is -22.3. The molecular weight excluding hydrogens is 2450 g/mol. The Bertz CT molecular complexity index is 3420. The average Bonchev–Trinajstić information content (AvgIpc) is 0.844. The third-order valence-corrected chi connectivity index (χ3v) is 24.4. The Morgan fingerprint density at radius 3 is 0.610 bits per heavy atom. The fraction of sp³-hybridized carbons (Fsp3) is 0.759. The normalized spacial score (nSPS) is 19.1. The first-order valence-electron chi connectivity index (χ1n) is 45.5. The molecule has 4 aliphatic rings. The molecule has 54 nitrogen and oxygen atoms in total. The van der Waals surface area contributed by atoms with Gasteiger partial charge in [0.25, 0.3) is 0 Å². The maximum absolute atomic E-state index is 14.6. The number of carboxylic acid groups (broad SMARTS) is 12. The first kappa shape index (κ1) is 135. The van der Waals surface area contributed by atoms with Crippen molar-refractivity contribution >= 4 is 119 Å². The van der Waals surface area contributed by atoms with Gasteiger partial charge in [-0.25, -0.2) is 0 Å². The van der Waals surface area contributed by atoms with E-state index in [1.165, 1.54) is 86.5 Å². The van der Waals surface area contributed by atoms with Crippen LogP contribution in [0.3, 0.4) is 0 Å². The van der Waals surface area contributed by atoms with Crippen molar-refractivity contribution in [1.29, 1.82) is 0 Å². The van der Waals surface area contributed by atoms with Crippen LogP contribution in [0.2, 0.25) is 0 Å². The van der Waals surface area contributed by atoms with Crippen LogP contribution < -0.4 is 62.5 Å². The number of carbonyl (C=O) groups is 20. The molecule has 141 heavy (non-hydrogen) atoms. The van der Waals surface area contributed by atoms with Crippen molar-refractivity contribution in [3.8, 4) is 0 Å². The molecule has 4 radical (unpaired) electrons. The molecule has 0 bridgehead atoms. The van der Waals surface area contributed by atoms with Crippen LogP contribution in [0.5, 0.6) is 0 Å². The molecule has 58 heteroatoms. The molecule has 4 saturated heterocycles. The van der Waals surface area contributed by atoms with Crippen LogP contribution in [0.25, 0.3) is 0 Å². The Morgan fingerprint density at radius 1 is 0.234 bits per heavy atom. The summed E-state index contributed by atoms with van der Waals surface area (Å²) < 4.78 is 0. The van der Waals surface area contributed by atoms with E-state index in [1.54, 1.807) is 19.6 Å². The van der Waals surface area contributed by atoms with E-state index in [0.717, 1.165) is 0 Å². The summed E-state index contributed by atoms with van der Waals surface area (Å²) in [5.41, 5.74) is -1.77. The number of ketones is 2. The van der Waals surface area contributed by atoms with Gasteiger partial charge in [-0.2, -0.15) is 0 Å². The predicted octanol–water partition coefficient (Wildman–Crippen LogP) is -19.2. The molecule has 12 N–H and O–H groups in total. The molecule has 0 saturated carbocycles. The molecular formula is C83H136Gd4N22O32+6. The van der Waals surface area contributed by atoms with Crippen LogP contribution in [0.15, 0.2) is 0 Å². The fourth-order valence-corrected chi connectivity index (χ4v) is 16.0. The van der Waals surface area contributed by atoms with Crippen LogP contribution in [0.4, 0.5) is 0 Å². The van der Waals surface area contributed by atoms with Gasteiger partial charge in [-0.3, -0.25) is 146 Å². The van der Waals surface area contributed by atoms with Gasteiger partial charge < -0.3 is 122 Å². The number of rotatable bonds is 50. The van der Waals surface area contributed by atoms with Gasteiger partial charge in [0.15, 0.2) is 5.78 Å². The third-order valence-electron chi connectivity index (χ3n) is 24.4. The van der Waals surface area contributed by atoms with E-state index in [9.17, 15) is 157 Å². The molecule has 0 aliphatic carbocycles. The summed E-state index contributed by atoms with van der Waals surface area (Å²) in [6.45, 7) is -4.78. The van der Waals surface area contributed by atoms with Gasteiger partial charge in [0.05, 0.1) is 119 Å². The van der Waals surface area contributed by atoms with E-state index in [-0.39, 0.29) is 369 Å². The molecule has 4 rings (SSSR count). The Morgan fingerprint density at radius 2 is 0.411 bits per heavy atom. The van der Waals surface area contributed by atoms with Crippen molar-refractivity contribution < 1.29 is 317 Å². The van der Waals surface area contributed by atoms with Crippen molar-refractivity contribution in [2.75, 3.05) is 327 Å². The van der Waals surface area contributed by atoms with Gasteiger partial charge in [-0.05, 0) is 34.1 Å². The molecule has 796 valence electrons. The quantitative estimate of drug-likeness (QED) is 0.0269. The summed E-state index contributed by atoms with van der Waals surface area (Å²) in [5, 5.41) is 146. The predicted molar refractivity (Wildman–Crippen MR) is 466 cm³/mol. The molecule has 0 spiro atoms. The van der Waals surface area contributed by atoms with Gasteiger partial charge in [-0.1, -0.05) is 0 Å². The standard InChI is InChI=1S/C83H142N22O32.4Gd/c1-59(102-33-25-94(48-72(119)120)17-9-90(44-68(111)112)10-18-95(26-34-102)49-73(121)122)64(107)5-6-65(108)87-56-83(8-7-63(106)41-84-80(135)60(2)103-35-27-96(50-74(123)124)19-11-91(45-69(113)114)12-20-97(28-36-103)51-75(125)126,57-88-66(109)42-85-81(136)61(3)104-37-29-98(52-76(127)128)21-13-92(46-70(115)116)14-22-99(30-38-104)53-77(129)130)58-89-67(110)43-86-82(137)62(4)105-39-31-100(54-78(131)132)23-15-93(47-71(117)118)16-24-101(32-40-105)55-79(133)134;;;;/h59-62H,5-58H2,1-4H3,(H,84,135)(H,85,136)(H,86,137)(H,87,108)(H,88,109)(H,89,110)(H,111,112)(H,113,114)(H,115,116)(H,117,118)(H,119,120)(H,121,122)(H,123,124)(H,125,126)(H,127,128)(H,129,130)(H,131,132)(H,133,134);;;;/q;4*+3/p-6/t59-,60-,61-,62-;;;;/m0..../s1. The van der Waals surface area contributed by atoms with Crippen molar-refractivity contribution in [3.05, 3.63) is 0 Å². The largest absolute Gasteiger partial charge is 3.00 e. The zero-order chi connectivity index (χ0) is 102. The monoisotopic (exact) mass is 2580 g/mol. The number of carboxylic acids is 12. The number of aliphatic carboxylic acids is 12. The third kappa shape index (κ3) is 59.9. The smallest absolute Gasteiger partial charge is 0.549 e. The minimum Gasteiger partial charge on any atom is -0.549 e. The number of nitrogens with one attached hydrogen (secondary N) is 6. The molecule has 0 aromatic carbocycles. The minimum atomic E-state index is -1.77. The molecule has 0 aromatic rings. The number of Topliss-reactive ketones (excluding diaryl/α,β-unsaturated/α-hetero) is 2. The Kier molecular flexibility index (Phi) is 70.7. The van der Waals surface area contributed by atoms with Crippen LogP contribution in [-0.2, 0) is 95.9 Å². The summed E-state index contributed by atoms with van der Waals surface area (Å²) >= 11 is 0. The van der Waals surface area contributed by atoms with Crippen LogP contribution in [0.1, 0.15) is 53.4 Å². The molecule has 1 unspecified atom stereocenters. The van der Waals surface area contributed by atoms with E-state index in [0.29, 0.717) is 0 Å². The molecule has 5 atom stereocenters. The van der Waals surface area contributed by atoms with Crippen LogP contribution >= 0.6 is 0 Å². The second kappa shape index (κ2) is 73.5. The zero-order valence-corrected chi connectivity index (χ0v) is 88.9. The van der Waals surface area contributed by atoms with Crippen molar-refractivity contribution in [2.45, 2.75) is 77.5 Å². The number of hydrogen-bond acceptors (Lipinski definition) is 42. The number of amides is 6. The molecule has 6 amide bonds. The summed E-state index contributed by atoms with van der Waals surface area (Å²) in [6.07, 6.45) is -2.06. The molecule has 4 fully saturated rings. The maximum atomic E-state index is 14.6. The first-order chi connectivity index (χ1) is 64.6. The van der Waals surface area contributed by atoms with Gasteiger partial charge in [0.1, 0.15) is 5.78 Å². The Labute approximate surface area is 946 Å². The summed E-state index contributed by atoms with van der Waals surface area (Å²) in [6, 6.07) is -4.46. The van der Waals surface area contributed by atoms with E-state index in [2.05, 4.69) is 31.9 Å². The van der Waals surface area contributed by atoms with Gasteiger partial charge in [-0.15, -0.1) is 0 Å². The molecule has 4 heterocycles. The van der Waals surface area contributed by atoms with Crippen molar-refractivity contribution in [2.24, 2.45) is 5.41 Å². The SMILES string of the molecule is C[C@@H](C(=O)CCC(=O)NCC(CCC(=O)CNC(=O)[C@H](C)N1CCN(CC(=O)[O-])CCN(CC(=O)O)CCN(CC(=O)O)CC1)(CNC(=O)CNC(=O)[C@H](C)N1CCN(CC(=O)[O-])CCN(CC(=O)[O-])CCN(CC(=O)O)CC1)CNC(=O)CNC(=O)[C@H](C)N1CCN(CC(=O)[O-])CCN(CC(=O)O)CCN(CC(=O)O)CC1)N1CCN(CC(=O)[O-])CCN(CC(=O)[O-])CCN(CC(=O)O)CC1.[Gd+3].[Gd+3].[Gd+3].[Gd+3]. The van der Waals surface area contributed by atoms with Gasteiger partial charge in [0.2, 0.25) is 35.4 Å². The minimum absolute atomic E-state index is 0. The topological polar surface area (TPSA) is 725 Å². The van der Waals surface area contributed by atoms with E-state index < -0.39 is 292 Å². The van der Waals surface area contributed by atoms with Gasteiger partial charge in [0, 0.05) is 293 Å². The average molecular weight is 2580 g/mol. The molecule has 0 aromatic heterocycles. The fourth-order valence-electron chi connectivity index (χ4n) is 16.0. The Hall–Kier alpha value is -5.54. The van der Waals surface area contributed by atoms with Crippen molar-refractivity contribution in [3.63, 3.8) is 0 Å². The maximum Gasteiger partial charge on any atom is 3.00 e. The number of carbonyl (C=O) groups excluding carboxylic acids is 14. The van der Waals surface area contributed by atoms with E-state index in [1.807, 2.05) is 0 Å². The summed E-state index contributed by atoms with van der Waals surface area (Å²) in [4.78, 5) is 283. The summed E-state index contributed by atoms with van der Waals surface area (Å²) in [7, 11) is 0. The van der Waals surface area contributed by atoms with Crippen LogP contribution in [0, 0.1) is 165 Å². The zero-order valence-electron chi connectivity index (χ0n) is 79.9. The van der Waals surface area contributed by atoms with E-state index in [4.69, 9.17) is 0 Å². The second-order valence-corrected chi connectivity index (χ2v) is 34.7. The first-order valence-corrected chi connectivity index (χ1v) is 45.5.